The molecular formula is C20H29N3O3. The number of carboxylic acid groups (broad SMARTS) is 1. The maximum atomic E-state index is 13.0. The topological polar surface area (TPSA) is 64.1 Å². The molecule has 0 bridgehead atoms. The number of carbonyl (C=O) groups is 2. The number of nitrogens with zero attached hydrogens (tertiary/aromatic N) is 3. The van der Waals surface area contributed by atoms with Gasteiger partial charge in [0, 0.05) is 30.9 Å². The van der Waals surface area contributed by atoms with Crippen molar-refractivity contribution in [2.75, 3.05) is 38.1 Å². The third-order valence-electron chi connectivity index (χ3n) is 5.72. The van der Waals surface area contributed by atoms with E-state index >= 15 is 0 Å². The number of benzene rings is 1. The Kier molecular flexibility index (Phi) is 5.94. The smallest absolute Gasteiger partial charge is 0.317 e. The quantitative estimate of drug-likeness (QED) is 0.869. The molecule has 0 aromatic heterocycles. The van der Waals surface area contributed by atoms with Crippen LogP contribution in [0.4, 0.5) is 5.69 Å². The van der Waals surface area contributed by atoms with E-state index in [1.807, 2.05) is 29.0 Å². The molecular weight excluding hydrogens is 330 g/mol. The summed E-state index contributed by atoms with van der Waals surface area (Å²) in [6.07, 6.45) is 3.85. The lowest BCUT2D eigenvalue weighted by atomic mass is 9.96. The molecule has 6 heteroatoms. The summed E-state index contributed by atoms with van der Waals surface area (Å²) in [5.74, 6) is -0.621. The first-order valence-electron chi connectivity index (χ1n) is 9.50. The maximum Gasteiger partial charge on any atom is 0.317 e. The average molecular weight is 359 g/mol. The fraction of sp³-hybridized carbons (Fsp3) is 0.600. The molecule has 1 fully saturated rings. The van der Waals surface area contributed by atoms with Crippen molar-refractivity contribution in [3.8, 4) is 0 Å². The largest absolute Gasteiger partial charge is 0.480 e. The van der Waals surface area contributed by atoms with Gasteiger partial charge in [-0.15, -0.1) is 0 Å². The second-order valence-corrected chi connectivity index (χ2v) is 7.60. The highest BCUT2D eigenvalue weighted by atomic mass is 16.4. The third kappa shape index (κ3) is 4.24. The van der Waals surface area contributed by atoms with E-state index in [9.17, 15) is 9.59 Å². The van der Waals surface area contributed by atoms with E-state index in [1.165, 1.54) is 5.56 Å². The number of hydrogen-bond donors (Lipinski definition) is 1. The molecule has 2 aliphatic heterocycles. The number of piperidine rings is 1. The number of amides is 1. The molecule has 3 rings (SSSR count). The van der Waals surface area contributed by atoms with Crippen molar-refractivity contribution in [2.45, 2.75) is 44.7 Å². The van der Waals surface area contributed by atoms with E-state index in [4.69, 9.17) is 5.11 Å². The van der Waals surface area contributed by atoms with Crippen LogP contribution in [0.5, 0.6) is 0 Å². The normalized spacial score (nSPS) is 21.7. The molecule has 1 unspecified atom stereocenters. The van der Waals surface area contributed by atoms with Crippen LogP contribution in [0, 0.1) is 0 Å². The van der Waals surface area contributed by atoms with Gasteiger partial charge in [0.2, 0.25) is 5.91 Å². The van der Waals surface area contributed by atoms with Crippen molar-refractivity contribution in [1.82, 2.24) is 9.80 Å². The number of likely N-dealkylation sites (N-methyl/N-ethyl adjacent to an activating group) is 1. The van der Waals surface area contributed by atoms with Crippen LogP contribution in [-0.4, -0.2) is 72.1 Å². The van der Waals surface area contributed by atoms with Gasteiger partial charge in [0.1, 0.15) is 0 Å². The minimum atomic E-state index is -0.789. The molecule has 1 atom stereocenters. The number of para-hydroxylation sites is 1. The number of aryl methyl sites for hydroxylation is 1. The first kappa shape index (κ1) is 18.9. The van der Waals surface area contributed by atoms with Gasteiger partial charge < -0.3 is 10.0 Å². The highest BCUT2D eigenvalue weighted by Gasteiger charge is 2.30. The Morgan fingerprint density at radius 1 is 1.19 bits per heavy atom. The van der Waals surface area contributed by atoms with Gasteiger partial charge in [-0.3, -0.25) is 19.4 Å². The molecule has 1 amide bonds. The second-order valence-electron chi connectivity index (χ2n) is 7.60. The summed E-state index contributed by atoms with van der Waals surface area (Å²) in [6.45, 7) is 4.31. The van der Waals surface area contributed by atoms with Gasteiger partial charge in [0.25, 0.3) is 0 Å². The lowest BCUT2D eigenvalue weighted by Crippen LogP contribution is -2.50. The summed E-state index contributed by atoms with van der Waals surface area (Å²) in [5, 5.41) is 8.93. The number of carboxylic acids is 1. The number of anilines is 1. The Bertz CT molecular complexity index is 655. The Morgan fingerprint density at radius 2 is 1.88 bits per heavy atom. The van der Waals surface area contributed by atoms with Crippen LogP contribution < -0.4 is 4.90 Å². The Labute approximate surface area is 155 Å². The highest BCUT2D eigenvalue weighted by Crippen LogP contribution is 2.30. The molecule has 0 saturated carbocycles. The molecule has 0 spiro atoms. The van der Waals surface area contributed by atoms with Crippen molar-refractivity contribution >= 4 is 17.6 Å². The number of carbonyl (C=O) groups excluding carboxylic acids is 1. The van der Waals surface area contributed by atoms with Gasteiger partial charge in [-0.25, -0.2) is 0 Å². The second kappa shape index (κ2) is 8.18. The van der Waals surface area contributed by atoms with Crippen molar-refractivity contribution in [2.24, 2.45) is 0 Å². The van der Waals surface area contributed by atoms with E-state index < -0.39 is 5.97 Å². The van der Waals surface area contributed by atoms with Gasteiger partial charge in [-0.05, 0) is 51.3 Å². The number of likely N-dealkylation sites (tertiary alicyclic amines) is 1. The molecule has 1 aromatic rings. The van der Waals surface area contributed by atoms with Gasteiger partial charge in [0.15, 0.2) is 0 Å². The summed E-state index contributed by atoms with van der Waals surface area (Å²) < 4.78 is 0. The molecule has 2 heterocycles. The molecule has 142 valence electrons. The van der Waals surface area contributed by atoms with E-state index in [2.05, 4.69) is 24.0 Å². The van der Waals surface area contributed by atoms with E-state index in [-0.39, 0.29) is 24.5 Å². The van der Waals surface area contributed by atoms with Crippen LogP contribution in [0.1, 0.15) is 31.7 Å². The fourth-order valence-electron chi connectivity index (χ4n) is 4.20. The molecule has 2 aliphatic rings. The monoisotopic (exact) mass is 359 g/mol. The first-order valence-corrected chi connectivity index (χ1v) is 9.50. The summed E-state index contributed by atoms with van der Waals surface area (Å²) in [4.78, 5) is 29.9. The zero-order chi connectivity index (χ0) is 18.7. The minimum absolute atomic E-state index is 0.0751. The zero-order valence-electron chi connectivity index (χ0n) is 15.7. The van der Waals surface area contributed by atoms with Gasteiger partial charge in [-0.2, -0.15) is 0 Å². The molecule has 6 nitrogen and oxygen atoms in total. The van der Waals surface area contributed by atoms with Crippen LogP contribution in [0.2, 0.25) is 0 Å². The number of hydrogen-bond acceptors (Lipinski definition) is 4. The summed E-state index contributed by atoms with van der Waals surface area (Å²) in [6, 6.07) is 8.72. The SMILES string of the molecule is CC1CCc2ccccc2N1C(=O)CN1CCC(N(C)CC(=O)O)CC1. The van der Waals surface area contributed by atoms with Crippen LogP contribution >= 0.6 is 0 Å². The van der Waals surface area contributed by atoms with Gasteiger partial charge in [0.05, 0.1) is 13.1 Å². The molecule has 1 N–H and O–H groups in total. The standard InChI is InChI=1S/C20H29N3O3/c1-15-7-8-16-5-3-4-6-18(16)23(15)19(24)13-22-11-9-17(10-12-22)21(2)14-20(25)26/h3-6,15,17H,7-14H2,1-2H3,(H,25,26). The molecule has 0 radical (unpaired) electrons. The van der Waals surface area contributed by atoms with Crippen molar-refractivity contribution in [3.63, 3.8) is 0 Å². The average Bonchev–Trinajstić information content (AvgIpc) is 2.61. The van der Waals surface area contributed by atoms with Crippen LogP contribution in [0.25, 0.3) is 0 Å². The van der Waals surface area contributed by atoms with Gasteiger partial charge >= 0.3 is 5.97 Å². The van der Waals surface area contributed by atoms with Crippen LogP contribution in [-0.2, 0) is 16.0 Å². The predicted octanol–water partition coefficient (Wildman–Crippen LogP) is 1.84. The van der Waals surface area contributed by atoms with Crippen molar-refractivity contribution in [1.29, 1.82) is 0 Å². The summed E-state index contributed by atoms with van der Waals surface area (Å²) >= 11 is 0. The minimum Gasteiger partial charge on any atom is -0.480 e. The van der Waals surface area contributed by atoms with Gasteiger partial charge in [-0.1, -0.05) is 18.2 Å². The highest BCUT2D eigenvalue weighted by molar-refractivity contribution is 5.96. The summed E-state index contributed by atoms with van der Waals surface area (Å²) in [7, 11) is 1.87. The van der Waals surface area contributed by atoms with Crippen LogP contribution in [0.3, 0.4) is 0 Å². The Morgan fingerprint density at radius 3 is 2.58 bits per heavy atom. The first-order chi connectivity index (χ1) is 12.5. The van der Waals surface area contributed by atoms with Crippen molar-refractivity contribution in [3.05, 3.63) is 29.8 Å². The molecule has 26 heavy (non-hydrogen) atoms. The third-order valence-corrected chi connectivity index (χ3v) is 5.72. The maximum absolute atomic E-state index is 13.0. The van der Waals surface area contributed by atoms with E-state index in [1.54, 1.807) is 0 Å². The fourth-order valence-corrected chi connectivity index (χ4v) is 4.20. The number of fused-ring (bicyclic) bond motifs is 1. The number of aliphatic carboxylic acids is 1. The van der Waals surface area contributed by atoms with E-state index in [0.717, 1.165) is 44.5 Å². The molecule has 1 aromatic carbocycles. The zero-order valence-corrected chi connectivity index (χ0v) is 15.7. The summed E-state index contributed by atoms with van der Waals surface area (Å²) in [5.41, 5.74) is 2.32. The lowest BCUT2D eigenvalue weighted by Gasteiger charge is -2.39. The molecule has 0 aliphatic carbocycles. The number of rotatable bonds is 5. The lowest BCUT2D eigenvalue weighted by molar-refractivity contribution is -0.138. The van der Waals surface area contributed by atoms with Crippen LogP contribution in [0.15, 0.2) is 24.3 Å². The Hall–Kier alpha value is -1.92. The predicted molar refractivity (Wildman–Crippen MR) is 101 cm³/mol. The Balaban J connectivity index is 1.57. The molecule has 1 saturated heterocycles. The van der Waals surface area contributed by atoms with E-state index in [0.29, 0.717) is 6.54 Å². The van der Waals surface area contributed by atoms with Crippen molar-refractivity contribution < 1.29 is 14.7 Å².